The van der Waals surface area contributed by atoms with Crippen LogP contribution in [0.3, 0.4) is 0 Å². The van der Waals surface area contributed by atoms with Gasteiger partial charge in [0.1, 0.15) is 0 Å². The minimum Gasteiger partial charge on any atom is -0.315 e. The Hall–Kier alpha value is -2.76. The van der Waals surface area contributed by atoms with Crippen molar-refractivity contribution >= 4 is 37.9 Å². The van der Waals surface area contributed by atoms with Crippen LogP contribution in [0, 0.1) is 0 Å². The number of nitrogens with zero attached hydrogens (tertiary/aromatic N) is 2. The van der Waals surface area contributed by atoms with Gasteiger partial charge in [-0.2, -0.15) is 0 Å². The largest absolute Gasteiger partial charge is 0.315 e. The highest BCUT2D eigenvalue weighted by Gasteiger charge is 2.15. The van der Waals surface area contributed by atoms with Gasteiger partial charge in [0.25, 0.3) is 5.56 Å². The third kappa shape index (κ3) is 3.17. The lowest BCUT2D eigenvalue weighted by atomic mass is 10.0. The molecule has 0 spiro atoms. The van der Waals surface area contributed by atoms with Crippen molar-refractivity contribution in [3.8, 4) is 0 Å². The summed E-state index contributed by atoms with van der Waals surface area (Å²) < 4.78 is 2.90. The first-order chi connectivity index (χ1) is 13.8. The van der Waals surface area contributed by atoms with Crippen LogP contribution >= 0.6 is 11.3 Å². The van der Waals surface area contributed by atoms with Gasteiger partial charge in [-0.1, -0.05) is 30.3 Å². The second kappa shape index (κ2) is 7.34. The number of benzene rings is 1. The Bertz CT molecular complexity index is 1250. The van der Waals surface area contributed by atoms with E-state index in [4.69, 9.17) is 4.98 Å². The molecule has 1 aromatic carbocycles. The molecule has 1 N–H and O–H groups in total. The highest BCUT2D eigenvalue weighted by Crippen LogP contribution is 2.30. The van der Waals surface area contributed by atoms with E-state index in [1.54, 1.807) is 11.3 Å². The van der Waals surface area contributed by atoms with E-state index in [0.29, 0.717) is 6.54 Å². The number of para-hydroxylation sites is 1. The fraction of sp³-hybridized carbons (Fsp3) is 0.217. The Morgan fingerprint density at radius 2 is 2.07 bits per heavy atom. The molecule has 0 saturated heterocycles. The molecule has 0 bridgehead atoms. The van der Waals surface area contributed by atoms with Crippen LogP contribution < -0.4 is 10.9 Å². The van der Waals surface area contributed by atoms with E-state index in [9.17, 15) is 4.79 Å². The topological polar surface area (TPSA) is 46.9 Å². The van der Waals surface area contributed by atoms with Crippen LogP contribution in [0.4, 0.5) is 0 Å². The summed E-state index contributed by atoms with van der Waals surface area (Å²) in [4.78, 5) is 17.9. The van der Waals surface area contributed by atoms with Gasteiger partial charge in [-0.05, 0) is 42.1 Å². The first-order valence-corrected chi connectivity index (χ1v) is 10.5. The van der Waals surface area contributed by atoms with E-state index in [-0.39, 0.29) is 5.56 Å². The van der Waals surface area contributed by atoms with E-state index < -0.39 is 0 Å². The van der Waals surface area contributed by atoms with E-state index in [2.05, 4.69) is 41.0 Å². The lowest BCUT2D eigenvalue weighted by Crippen LogP contribution is -2.22. The average molecular weight is 388 g/mol. The van der Waals surface area contributed by atoms with Crippen molar-refractivity contribution in [2.75, 3.05) is 13.1 Å². The van der Waals surface area contributed by atoms with Gasteiger partial charge in [-0.15, -0.1) is 11.3 Å². The number of hydrogen-bond acceptors (Lipinski definition) is 4. The predicted octanol–water partition coefficient (Wildman–Crippen LogP) is 4.23. The molecule has 0 radical (unpaired) electrons. The summed E-state index contributed by atoms with van der Waals surface area (Å²) in [6, 6.07) is 14.4. The van der Waals surface area contributed by atoms with Gasteiger partial charge in [0.05, 0.1) is 10.9 Å². The van der Waals surface area contributed by atoms with E-state index in [0.717, 1.165) is 58.2 Å². The van der Waals surface area contributed by atoms with Crippen molar-refractivity contribution in [2.24, 2.45) is 0 Å². The molecule has 0 atom stereocenters. The van der Waals surface area contributed by atoms with Crippen LogP contribution in [0.15, 0.2) is 64.9 Å². The zero-order valence-electron chi connectivity index (χ0n) is 15.5. The predicted molar refractivity (Wildman–Crippen MR) is 117 cm³/mol. The molecule has 0 amide bonds. The summed E-state index contributed by atoms with van der Waals surface area (Å²) in [7, 11) is 0. The fourth-order valence-corrected chi connectivity index (χ4v) is 4.82. The van der Waals surface area contributed by atoms with E-state index in [1.165, 1.54) is 5.57 Å². The average Bonchev–Trinajstić information content (AvgIpc) is 3.19. The third-order valence-electron chi connectivity index (χ3n) is 5.37. The number of aryl methyl sites for hydroxylation is 2. The highest BCUT2D eigenvalue weighted by atomic mass is 32.1. The van der Waals surface area contributed by atoms with Crippen LogP contribution in [0.25, 0.3) is 26.6 Å². The number of hydrogen-bond donors (Lipinski definition) is 1. The number of fused-ring (bicyclic) bond motifs is 2. The number of aromatic nitrogens is 2. The summed E-state index contributed by atoms with van der Waals surface area (Å²) in [6.07, 6.45) is 5.84. The van der Waals surface area contributed by atoms with Gasteiger partial charge in [0, 0.05) is 47.1 Å². The van der Waals surface area contributed by atoms with Crippen molar-refractivity contribution in [3.63, 3.8) is 0 Å². The van der Waals surface area contributed by atoms with Crippen LogP contribution in [0.1, 0.15) is 17.7 Å². The number of thiophene rings is 1. The van der Waals surface area contributed by atoms with E-state index >= 15 is 0 Å². The zero-order valence-corrected chi connectivity index (χ0v) is 16.3. The number of nitrogens with one attached hydrogen (secondary N) is 1. The monoisotopic (exact) mass is 387 g/mol. The van der Waals surface area contributed by atoms with E-state index in [1.807, 2.05) is 29.0 Å². The van der Waals surface area contributed by atoms with Crippen molar-refractivity contribution in [2.45, 2.75) is 19.4 Å². The molecule has 28 heavy (non-hydrogen) atoms. The van der Waals surface area contributed by atoms with Crippen molar-refractivity contribution in [1.82, 2.24) is 14.9 Å². The van der Waals surface area contributed by atoms with Crippen LogP contribution in [0.2, 0.25) is 0 Å². The Kier molecular flexibility index (Phi) is 4.55. The Morgan fingerprint density at radius 1 is 1.14 bits per heavy atom. The maximum absolute atomic E-state index is 13.2. The minimum atomic E-state index is 0.106. The van der Waals surface area contributed by atoms with Gasteiger partial charge >= 0.3 is 0 Å². The molecule has 5 heteroatoms. The standard InChI is InChI=1S/C23H21N3OS/c27-23-22-19(16-7-11-24-12-8-16)15-28-21(22)10-14-26(23)13-9-18-6-5-17-3-1-2-4-20(17)25-18/h1-7,10,14-15,24H,8-9,11-13H2. The first-order valence-electron chi connectivity index (χ1n) is 9.65. The summed E-state index contributed by atoms with van der Waals surface area (Å²) in [5.41, 5.74) is 4.52. The van der Waals surface area contributed by atoms with Gasteiger partial charge in [0.2, 0.25) is 0 Å². The molecule has 140 valence electrons. The molecule has 4 heterocycles. The highest BCUT2D eigenvalue weighted by molar-refractivity contribution is 7.17. The van der Waals surface area contributed by atoms with Crippen molar-refractivity contribution in [3.05, 3.63) is 81.7 Å². The second-order valence-corrected chi connectivity index (χ2v) is 8.04. The Balaban J connectivity index is 1.46. The molecule has 0 aliphatic carbocycles. The number of rotatable bonds is 4. The maximum Gasteiger partial charge on any atom is 0.259 e. The first kappa shape index (κ1) is 17.3. The minimum absolute atomic E-state index is 0.106. The van der Waals surface area contributed by atoms with Gasteiger partial charge < -0.3 is 9.88 Å². The molecule has 1 aliphatic rings. The quantitative estimate of drug-likeness (QED) is 0.570. The molecule has 4 nitrogen and oxygen atoms in total. The summed E-state index contributed by atoms with van der Waals surface area (Å²) >= 11 is 1.66. The normalized spacial score (nSPS) is 14.5. The molecule has 0 unspecified atom stereocenters. The fourth-order valence-electron chi connectivity index (χ4n) is 3.85. The van der Waals surface area contributed by atoms with Gasteiger partial charge in [-0.3, -0.25) is 9.78 Å². The van der Waals surface area contributed by atoms with Gasteiger partial charge in [-0.25, -0.2) is 0 Å². The molecule has 4 aromatic rings. The smallest absolute Gasteiger partial charge is 0.259 e. The van der Waals surface area contributed by atoms with Crippen molar-refractivity contribution in [1.29, 1.82) is 0 Å². The lowest BCUT2D eigenvalue weighted by Gasteiger charge is -2.13. The van der Waals surface area contributed by atoms with Crippen LogP contribution in [0.5, 0.6) is 0 Å². The summed E-state index contributed by atoms with van der Waals surface area (Å²) in [5, 5.41) is 7.49. The van der Waals surface area contributed by atoms with Crippen molar-refractivity contribution < 1.29 is 0 Å². The zero-order chi connectivity index (χ0) is 18.9. The lowest BCUT2D eigenvalue weighted by molar-refractivity contribution is 0.667. The molecule has 0 fully saturated rings. The third-order valence-corrected chi connectivity index (χ3v) is 6.32. The SMILES string of the molecule is O=c1c2c(C3=CCNCC3)csc2ccn1CCc1ccc2ccccc2n1. The van der Waals surface area contributed by atoms with Gasteiger partial charge in [0.15, 0.2) is 0 Å². The Labute approximate surface area is 167 Å². The molecule has 1 aliphatic heterocycles. The molecule has 3 aromatic heterocycles. The maximum atomic E-state index is 13.2. The second-order valence-electron chi connectivity index (χ2n) is 7.13. The van der Waals surface area contributed by atoms with Crippen LogP contribution in [-0.2, 0) is 13.0 Å². The van der Waals surface area contributed by atoms with Crippen LogP contribution in [-0.4, -0.2) is 22.6 Å². The molecule has 5 rings (SSSR count). The summed E-state index contributed by atoms with van der Waals surface area (Å²) in [6.45, 7) is 2.48. The molecular formula is C23H21N3OS. The number of pyridine rings is 2. The molecule has 0 saturated carbocycles. The molecular weight excluding hydrogens is 366 g/mol. The Morgan fingerprint density at radius 3 is 2.96 bits per heavy atom. The summed E-state index contributed by atoms with van der Waals surface area (Å²) in [5.74, 6) is 0.